The van der Waals surface area contributed by atoms with E-state index in [0.717, 1.165) is 5.56 Å². The monoisotopic (exact) mass is 700 g/mol. The van der Waals surface area contributed by atoms with Crippen LogP contribution >= 0.6 is 7.75 Å². The Morgan fingerprint density at radius 3 is 2.47 bits per heavy atom. The van der Waals surface area contributed by atoms with Gasteiger partial charge in [0.2, 0.25) is 5.60 Å². The summed E-state index contributed by atoms with van der Waals surface area (Å²) in [4.78, 5) is 17.0. The van der Waals surface area contributed by atoms with Gasteiger partial charge >= 0.3 is 13.7 Å². The molecule has 1 aromatic carbocycles. The van der Waals surface area contributed by atoms with Gasteiger partial charge in [-0.1, -0.05) is 32.9 Å². The molecule has 2 aliphatic rings. The van der Waals surface area contributed by atoms with E-state index in [1.807, 2.05) is 12.1 Å². The first-order valence-electron chi connectivity index (χ1n) is 15.9. The largest absolute Gasteiger partial charge is 0.461 e. The number of carbonyl (C=O) groups is 1. The maximum Gasteiger partial charge on any atom is 0.459 e. The quantitative estimate of drug-likeness (QED) is 0.200. The molecule has 266 valence electrons. The van der Waals surface area contributed by atoms with Gasteiger partial charge in [0.1, 0.15) is 54.6 Å². The summed E-state index contributed by atoms with van der Waals surface area (Å²) in [6.07, 6.45) is -1.48. The minimum atomic E-state index is -4.34. The van der Waals surface area contributed by atoms with Crippen LogP contribution in [-0.2, 0) is 48.6 Å². The molecule has 4 heterocycles. The van der Waals surface area contributed by atoms with Crippen molar-refractivity contribution in [2.75, 3.05) is 26.1 Å². The van der Waals surface area contributed by atoms with E-state index in [0.29, 0.717) is 11.2 Å². The van der Waals surface area contributed by atoms with Crippen molar-refractivity contribution in [1.82, 2.24) is 19.7 Å². The third kappa shape index (κ3) is 7.61. The normalized spacial score (nSPS) is 25.3. The lowest BCUT2D eigenvalue weighted by Crippen LogP contribution is -2.40. The topological polar surface area (TPSA) is 191 Å². The predicted molar refractivity (Wildman–Crippen MR) is 177 cm³/mol. The number of methoxy groups -OCH3 is 1. The fraction of sp³-hybridized carbons (Fsp3) is 0.576. The van der Waals surface area contributed by atoms with E-state index in [1.165, 1.54) is 24.9 Å². The highest BCUT2D eigenvalue weighted by Gasteiger charge is 2.65. The molecular weight excluding hydrogens is 655 g/mol. The molecule has 0 radical (unpaired) electrons. The summed E-state index contributed by atoms with van der Waals surface area (Å²) in [5.74, 6) is -1.34. The van der Waals surface area contributed by atoms with Gasteiger partial charge in [0.25, 0.3) is 0 Å². The highest BCUT2D eigenvalue weighted by Crippen LogP contribution is 2.51. The average Bonchev–Trinajstić information content (AvgIpc) is 3.69. The van der Waals surface area contributed by atoms with E-state index in [2.05, 4.69) is 42.0 Å². The molecule has 0 spiro atoms. The van der Waals surface area contributed by atoms with Crippen LogP contribution in [0.25, 0.3) is 5.52 Å². The second kappa shape index (κ2) is 13.3. The highest BCUT2D eigenvalue weighted by atomic mass is 31.2. The second-order valence-electron chi connectivity index (χ2n) is 14.3. The molecular formula is C33H45N6O9P. The third-order valence-corrected chi connectivity index (χ3v) is 10.1. The number of benzene rings is 1. The first kappa shape index (κ1) is 36.7. The number of nitrogen functional groups attached to an aromatic ring is 1. The zero-order valence-electron chi connectivity index (χ0n) is 29.3. The molecule has 0 amide bonds. The fourth-order valence-electron chi connectivity index (χ4n) is 5.60. The SMILES string of the molecule is COC(C)(C)COC(=O)[C@H](C)NP(=O)(OC[C@H]1O[C@@](C#N)(c2ccc3c(N)ncnn23)[C@@H]2OC(C)(C)O[C@@H]21)Oc1ccc(C(C)(C)C)cc1. The smallest absolute Gasteiger partial charge is 0.459 e. The average molecular weight is 701 g/mol. The molecule has 3 aromatic rings. The Bertz CT molecular complexity index is 1770. The molecule has 49 heavy (non-hydrogen) atoms. The molecule has 1 unspecified atom stereocenters. The van der Waals surface area contributed by atoms with Crippen LogP contribution in [0.2, 0.25) is 0 Å². The Kier molecular flexibility index (Phi) is 9.92. The lowest BCUT2D eigenvalue weighted by Gasteiger charge is -2.29. The predicted octanol–water partition coefficient (Wildman–Crippen LogP) is 4.40. The molecule has 2 fully saturated rings. The first-order chi connectivity index (χ1) is 22.8. The van der Waals surface area contributed by atoms with Gasteiger partial charge in [-0.05, 0) is 69.9 Å². The molecule has 2 saturated heterocycles. The van der Waals surface area contributed by atoms with E-state index in [1.54, 1.807) is 52.0 Å². The van der Waals surface area contributed by atoms with E-state index in [9.17, 15) is 14.6 Å². The molecule has 15 nitrogen and oxygen atoms in total. The van der Waals surface area contributed by atoms with Crippen molar-refractivity contribution in [3.63, 3.8) is 0 Å². The van der Waals surface area contributed by atoms with E-state index < -0.39 is 55.1 Å². The summed E-state index contributed by atoms with van der Waals surface area (Å²) in [5.41, 5.74) is 5.31. The fourth-order valence-corrected chi connectivity index (χ4v) is 7.10. The molecule has 6 atom stereocenters. The van der Waals surface area contributed by atoms with Gasteiger partial charge in [-0.15, -0.1) is 0 Å². The van der Waals surface area contributed by atoms with Gasteiger partial charge in [0, 0.05) is 7.11 Å². The number of rotatable bonds is 12. The van der Waals surface area contributed by atoms with Gasteiger partial charge in [0.15, 0.2) is 11.6 Å². The number of anilines is 1. The lowest BCUT2D eigenvalue weighted by atomic mass is 9.87. The van der Waals surface area contributed by atoms with Crippen molar-refractivity contribution >= 4 is 25.1 Å². The molecule has 0 bridgehead atoms. The summed E-state index contributed by atoms with van der Waals surface area (Å²) in [6, 6.07) is 11.6. The lowest BCUT2D eigenvalue weighted by molar-refractivity contribution is -0.204. The molecule has 2 aliphatic heterocycles. The van der Waals surface area contributed by atoms with E-state index in [-0.39, 0.29) is 30.2 Å². The maximum atomic E-state index is 14.5. The van der Waals surface area contributed by atoms with Crippen LogP contribution in [-0.4, -0.2) is 76.6 Å². The van der Waals surface area contributed by atoms with E-state index in [4.69, 9.17) is 38.5 Å². The van der Waals surface area contributed by atoms with Gasteiger partial charge in [0.05, 0.1) is 17.9 Å². The number of aromatic nitrogens is 3. The Hall–Kier alpha value is -3.61. The zero-order chi connectivity index (χ0) is 36.0. The van der Waals surface area contributed by atoms with Crippen LogP contribution in [0.15, 0.2) is 42.7 Å². The number of fused-ring (bicyclic) bond motifs is 2. The molecule has 16 heteroatoms. The van der Waals surface area contributed by atoms with E-state index >= 15 is 0 Å². The van der Waals surface area contributed by atoms with Crippen molar-refractivity contribution in [3.05, 3.63) is 54.0 Å². The van der Waals surface area contributed by atoms with Crippen LogP contribution in [0.3, 0.4) is 0 Å². The zero-order valence-corrected chi connectivity index (χ0v) is 30.1. The van der Waals surface area contributed by atoms with Gasteiger partial charge in [-0.25, -0.2) is 14.1 Å². The number of carbonyl (C=O) groups excluding carboxylic acids is 1. The minimum absolute atomic E-state index is 0.0397. The molecule has 3 N–H and O–H groups in total. The van der Waals surface area contributed by atoms with Gasteiger partial charge in [-0.2, -0.15) is 15.4 Å². The Morgan fingerprint density at radius 1 is 1.14 bits per heavy atom. The summed E-state index contributed by atoms with van der Waals surface area (Å²) in [5, 5.41) is 17.7. The van der Waals surface area contributed by atoms with Crippen molar-refractivity contribution < 1.29 is 42.1 Å². The Balaban J connectivity index is 1.43. The Labute approximate surface area is 285 Å². The van der Waals surface area contributed by atoms with Crippen molar-refractivity contribution in [1.29, 1.82) is 5.26 Å². The van der Waals surface area contributed by atoms with Gasteiger partial charge in [-0.3, -0.25) is 9.32 Å². The number of nitriles is 1. The first-order valence-corrected chi connectivity index (χ1v) is 17.4. The van der Waals surface area contributed by atoms with Crippen LogP contribution in [0, 0.1) is 11.3 Å². The summed E-state index contributed by atoms with van der Waals surface area (Å²) >= 11 is 0. The number of hydrogen-bond acceptors (Lipinski definition) is 13. The number of ether oxygens (including phenoxy) is 5. The summed E-state index contributed by atoms with van der Waals surface area (Å²) in [6.45, 7) is 14.2. The number of nitrogens with zero attached hydrogens (tertiary/aromatic N) is 4. The third-order valence-electron chi connectivity index (χ3n) is 8.44. The summed E-state index contributed by atoms with van der Waals surface area (Å²) in [7, 11) is -2.83. The number of nitrogens with one attached hydrogen (secondary N) is 1. The van der Waals surface area contributed by atoms with Crippen LogP contribution in [0.1, 0.15) is 66.6 Å². The van der Waals surface area contributed by atoms with Crippen LogP contribution in [0.5, 0.6) is 5.75 Å². The number of nitrogens with two attached hydrogens (primary N) is 1. The number of esters is 1. The molecule has 2 aromatic heterocycles. The molecule has 0 aliphatic carbocycles. The van der Waals surface area contributed by atoms with Crippen LogP contribution < -0.4 is 15.3 Å². The minimum Gasteiger partial charge on any atom is -0.461 e. The Morgan fingerprint density at radius 2 is 1.84 bits per heavy atom. The second-order valence-corrected chi connectivity index (χ2v) is 16.0. The standard InChI is InChI=1S/C33H45N6O9P/c1-20(29(40)43-18-31(5,6)42-9)38-49(41,48-22-12-10-21(11-13-22)30(2,3)4)44-16-24-26-27(47-32(7,8)46-26)33(17-34,45-24)25-15-14-23-28(35)36-19-37-39(23)25/h10-15,19-20,24,26-27H,16,18H2,1-9H3,(H,38,41)(H2,35,36,37)/t20-,24+,26+,27+,33-,49?/m0/s1. The van der Waals surface area contributed by atoms with Crippen molar-refractivity contribution in [2.45, 2.75) is 102 Å². The summed E-state index contributed by atoms with van der Waals surface area (Å²) < 4.78 is 57.5. The number of hydrogen-bond donors (Lipinski definition) is 2. The van der Waals surface area contributed by atoms with Crippen molar-refractivity contribution in [3.8, 4) is 11.8 Å². The van der Waals surface area contributed by atoms with Crippen molar-refractivity contribution in [2.24, 2.45) is 0 Å². The maximum absolute atomic E-state index is 14.5. The van der Waals surface area contributed by atoms with Crippen LogP contribution in [0.4, 0.5) is 5.82 Å². The molecule has 0 saturated carbocycles. The molecule has 5 rings (SSSR count). The van der Waals surface area contributed by atoms with Gasteiger partial charge < -0.3 is 33.9 Å². The highest BCUT2D eigenvalue weighted by molar-refractivity contribution is 7.52.